The van der Waals surface area contributed by atoms with Gasteiger partial charge < -0.3 is 15.2 Å². The van der Waals surface area contributed by atoms with Gasteiger partial charge >= 0.3 is 0 Å². The Morgan fingerprint density at radius 3 is 2.82 bits per heavy atom. The lowest BCUT2D eigenvalue weighted by Gasteiger charge is -2.29. The molecule has 0 unspecified atom stereocenters. The molecule has 1 aliphatic rings. The standard InChI is InChI=1S/C13H24N4/c1-16(8-4-13-3-2-5-15-13)11-12-17-9-6-14-7-10-17/h2-3,5,14-15H,4,6-12H2,1H3. The monoisotopic (exact) mass is 236 g/mol. The number of likely N-dealkylation sites (N-methyl/N-ethyl adjacent to an activating group) is 1. The first kappa shape index (κ1) is 12.6. The van der Waals surface area contributed by atoms with Crippen molar-refractivity contribution in [1.82, 2.24) is 20.1 Å². The van der Waals surface area contributed by atoms with E-state index < -0.39 is 0 Å². The van der Waals surface area contributed by atoms with Gasteiger partial charge in [-0.2, -0.15) is 0 Å². The van der Waals surface area contributed by atoms with Crippen molar-refractivity contribution in [3.63, 3.8) is 0 Å². The molecule has 1 saturated heterocycles. The van der Waals surface area contributed by atoms with Crippen LogP contribution in [0.25, 0.3) is 0 Å². The fourth-order valence-electron chi connectivity index (χ4n) is 2.19. The number of piperazine rings is 1. The minimum atomic E-state index is 1.12. The van der Waals surface area contributed by atoms with Gasteiger partial charge in [-0.15, -0.1) is 0 Å². The van der Waals surface area contributed by atoms with Gasteiger partial charge in [0.25, 0.3) is 0 Å². The maximum Gasteiger partial charge on any atom is 0.0159 e. The fraction of sp³-hybridized carbons (Fsp3) is 0.692. The van der Waals surface area contributed by atoms with Crippen LogP contribution in [-0.4, -0.2) is 67.6 Å². The van der Waals surface area contributed by atoms with E-state index in [0.29, 0.717) is 0 Å². The van der Waals surface area contributed by atoms with E-state index in [4.69, 9.17) is 0 Å². The summed E-state index contributed by atoms with van der Waals surface area (Å²) in [5.41, 5.74) is 1.33. The molecule has 0 aliphatic carbocycles. The summed E-state index contributed by atoms with van der Waals surface area (Å²) in [6, 6.07) is 4.22. The van der Waals surface area contributed by atoms with E-state index in [1.165, 1.54) is 31.9 Å². The Hall–Kier alpha value is -0.840. The number of nitrogens with zero attached hydrogens (tertiary/aromatic N) is 2. The third kappa shape index (κ3) is 4.50. The zero-order valence-electron chi connectivity index (χ0n) is 10.8. The van der Waals surface area contributed by atoms with Crippen LogP contribution < -0.4 is 5.32 Å². The minimum absolute atomic E-state index is 1.12. The Morgan fingerprint density at radius 2 is 2.12 bits per heavy atom. The SMILES string of the molecule is CN(CCc1ccc[nH]1)CCN1CCNCC1. The number of hydrogen-bond acceptors (Lipinski definition) is 3. The molecule has 0 saturated carbocycles. The van der Waals surface area contributed by atoms with Gasteiger partial charge in [-0.3, -0.25) is 4.90 Å². The summed E-state index contributed by atoms with van der Waals surface area (Å²) >= 11 is 0. The molecule has 1 aromatic heterocycles. The second-order valence-corrected chi connectivity index (χ2v) is 4.84. The highest BCUT2D eigenvalue weighted by molar-refractivity contribution is 5.03. The quantitative estimate of drug-likeness (QED) is 0.750. The summed E-state index contributed by atoms with van der Waals surface area (Å²) in [5, 5.41) is 3.39. The van der Waals surface area contributed by atoms with Crippen LogP contribution in [0, 0.1) is 0 Å². The molecule has 2 heterocycles. The molecular formula is C13H24N4. The van der Waals surface area contributed by atoms with Gasteiger partial charge in [-0.25, -0.2) is 0 Å². The van der Waals surface area contributed by atoms with Crippen molar-refractivity contribution in [2.24, 2.45) is 0 Å². The summed E-state index contributed by atoms with van der Waals surface area (Å²) in [5.74, 6) is 0. The van der Waals surface area contributed by atoms with Crippen LogP contribution in [0.3, 0.4) is 0 Å². The number of H-pyrrole nitrogens is 1. The molecule has 1 fully saturated rings. The van der Waals surface area contributed by atoms with Gasteiger partial charge in [0.2, 0.25) is 0 Å². The average molecular weight is 236 g/mol. The van der Waals surface area contributed by atoms with Crippen LogP contribution in [0.1, 0.15) is 5.69 Å². The topological polar surface area (TPSA) is 34.3 Å². The maximum atomic E-state index is 3.39. The van der Waals surface area contributed by atoms with Crippen LogP contribution in [0.2, 0.25) is 0 Å². The molecule has 0 spiro atoms. The van der Waals surface area contributed by atoms with Crippen molar-refractivity contribution in [3.05, 3.63) is 24.0 Å². The first-order valence-electron chi connectivity index (χ1n) is 6.58. The Balaban J connectivity index is 1.58. The van der Waals surface area contributed by atoms with Gasteiger partial charge in [0.1, 0.15) is 0 Å². The Kier molecular flexibility index (Phi) is 5.04. The van der Waals surface area contributed by atoms with E-state index in [2.05, 4.69) is 39.3 Å². The minimum Gasteiger partial charge on any atom is -0.365 e. The fourth-order valence-corrected chi connectivity index (χ4v) is 2.19. The molecule has 2 N–H and O–H groups in total. The average Bonchev–Trinajstić information content (AvgIpc) is 2.88. The highest BCUT2D eigenvalue weighted by Gasteiger charge is 2.09. The van der Waals surface area contributed by atoms with Crippen molar-refractivity contribution >= 4 is 0 Å². The second kappa shape index (κ2) is 6.79. The van der Waals surface area contributed by atoms with E-state index in [-0.39, 0.29) is 0 Å². The zero-order chi connectivity index (χ0) is 11.9. The molecule has 0 amide bonds. The lowest BCUT2D eigenvalue weighted by atomic mass is 10.3. The Morgan fingerprint density at radius 1 is 1.29 bits per heavy atom. The van der Waals surface area contributed by atoms with Crippen molar-refractivity contribution in [2.75, 3.05) is 52.9 Å². The van der Waals surface area contributed by atoms with Crippen LogP contribution in [0.15, 0.2) is 18.3 Å². The first-order chi connectivity index (χ1) is 8.34. The van der Waals surface area contributed by atoms with Gasteiger partial charge in [0, 0.05) is 64.1 Å². The summed E-state index contributed by atoms with van der Waals surface area (Å²) in [6.07, 6.45) is 3.11. The van der Waals surface area contributed by atoms with E-state index in [9.17, 15) is 0 Å². The smallest absolute Gasteiger partial charge is 0.0159 e. The van der Waals surface area contributed by atoms with Crippen molar-refractivity contribution in [2.45, 2.75) is 6.42 Å². The largest absolute Gasteiger partial charge is 0.365 e. The van der Waals surface area contributed by atoms with E-state index in [0.717, 1.165) is 26.1 Å². The highest BCUT2D eigenvalue weighted by atomic mass is 15.2. The Bertz CT molecular complexity index is 290. The number of nitrogens with one attached hydrogen (secondary N) is 2. The van der Waals surface area contributed by atoms with Gasteiger partial charge in [0.15, 0.2) is 0 Å². The van der Waals surface area contributed by atoms with Crippen LogP contribution in [0.5, 0.6) is 0 Å². The molecule has 1 aliphatic heterocycles. The summed E-state index contributed by atoms with van der Waals surface area (Å²) < 4.78 is 0. The first-order valence-corrected chi connectivity index (χ1v) is 6.58. The molecule has 17 heavy (non-hydrogen) atoms. The van der Waals surface area contributed by atoms with E-state index in [1.54, 1.807) is 0 Å². The van der Waals surface area contributed by atoms with Crippen LogP contribution in [0.4, 0.5) is 0 Å². The highest BCUT2D eigenvalue weighted by Crippen LogP contribution is 1.98. The summed E-state index contributed by atoms with van der Waals surface area (Å²) in [6.45, 7) is 8.18. The lowest BCUT2D eigenvalue weighted by molar-refractivity contribution is 0.205. The van der Waals surface area contributed by atoms with Gasteiger partial charge in [-0.1, -0.05) is 0 Å². The summed E-state index contributed by atoms with van der Waals surface area (Å²) in [7, 11) is 2.21. The van der Waals surface area contributed by atoms with E-state index in [1.807, 2.05) is 6.20 Å². The molecule has 96 valence electrons. The number of rotatable bonds is 6. The summed E-state index contributed by atoms with van der Waals surface area (Å²) in [4.78, 5) is 8.22. The normalized spacial score (nSPS) is 17.8. The van der Waals surface area contributed by atoms with Gasteiger partial charge in [-0.05, 0) is 19.2 Å². The second-order valence-electron chi connectivity index (χ2n) is 4.84. The predicted octanol–water partition coefficient (Wildman–Crippen LogP) is 0.394. The molecule has 0 atom stereocenters. The maximum absolute atomic E-state index is 3.39. The molecule has 0 aromatic carbocycles. The molecule has 0 bridgehead atoms. The zero-order valence-corrected chi connectivity index (χ0v) is 10.8. The molecule has 0 radical (unpaired) electrons. The Labute approximate surface area is 104 Å². The molecule has 4 heteroatoms. The van der Waals surface area contributed by atoms with Gasteiger partial charge in [0.05, 0.1) is 0 Å². The molecule has 1 aromatic rings. The lowest BCUT2D eigenvalue weighted by Crippen LogP contribution is -2.46. The molecule has 2 rings (SSSR count). The van der Waals surface area contributed by atoms with Crippen LogP contribution >= 0.6 is 0 Å². The van der Waals surface area contributed by atoms with Crippen molar-refractivity contribution < 1.29 is 0 Å². The van der Waals surface area contributed by atoms with Crippen molar-refractivity contribution in [3.8, 4) is 0 Å². The molecule has 4 nitrogen and oxygen atoms in total. The van der Waals surface area contributed by atoms with Crippen molar-refractivity contribution in [1.29, 1.82) is 0 Å². The number of hydrogen-bond donors (Lipinski definition) is 2. The third-order valence-corrected chi connectivity index (χ3v) is 3.43. The number of aromatic nitrogens is 1. The molecular weight excluding hydrogens is 212 g/mol. The predicted molar refractivity (Wildman–Crippen MR) is 71.3 cm³/mol. The number of aromatic amines is 1. The van der Waals surface area contributed by atoms with Crippen LogP contribution in [-0.2, 0) is 6.42 Å². The third-order valence-electron chi connectivity index (χ3n) is 3.43. The van der Waals surface area contributed by atoms with E-state index >= 15 is 0 Å².